The van der Waals surface area contributed by atoms with Crippen LogP contribution in [0.5, 0.6) is 0 Å². The Bertz CT molecular complexity index is 614. The third-order valence-electron chi connectivity index (χ3n) is 3.58. The summed E-state index contributed by atoms with van der Waals surface area (Å²) in [4.78, 5) is 0. The number of nitrogens with one attached hydrogen (secondary N) is 1. The standard InChI is InChI=1S/C18H21ClFN/c1-12(21-15-9-10-17(20)16(19)11-15)13-5-7-14(8-6-13)18(2,3)4/h5-12,21H,1-4H3. The molecule has 1 N–H and O–H groups in total. The fourth-order valence-corrected chi connectivity index (χ4v) is 2.37. The highest BCUT2D eigenvalue weighted by Crippen LogP contribution is 2.26. The van der Waals surface area contributed by atoms with Crippen molar-refractivity contribution in [3.8, 4) is 0 Å². The van der Waals surface area contributed by atoms with Crippen LogP contribution in [0.2, 0.25) is 5.02 Å². The second kappa shape index (κ2) is 6.07. The number of halogens is 2. The highest BCUT2D eigenvalue weighted by molar-refractivity contribution is 6.31. The first-order chi connectivity index (χ1) is 9.77. The summed E-state index contributed by atoms with van der Waals surface area (Å²) >= 11 is 5.80. The minimum absolute atomic E-state index is 0.126. The Labute approximate surface area is 131 Å². The highest BCUT2D eigenvalue weighted by Gasteiger charge is 2.14. The molecule has 0 aliphatic heterocycles. The zero-order chi connectivity index (χ0) is 15.6. The maximum absolute atomic E-state index is 13.2. The summed E-state index contributed by atoms with van der Waals surface area (Å²) in [7, 11) is 0. The smallest absolute Gasteiger partial charge is 0.141 e. The van der Waals surface area contributed by atoms with Crippen molar-refractivity contribution in [2.24, 2.45) is 0 Å². The first kappa shape index (κ1) is 15.8. The topological polar surface area (TPSA) is 12.0 Å². The Morgan fingerprint density at radius 1 is 1.05 bits per heavy atom. The molecule has 0 aliphatic rings. The minimum Gasteiger partial charge on any atom is -0.378 e. The second-order valence-corrected chi connectivity index (χ2v) is 6.77. The second-order valence-electron chi connectivity index (χ2n) is 6.37. The van der Waals surface area contributed by atoms with Crippen molar-refractivity contribution in [3.05, 3.63) is 64.4 Å². The van der Waals surface area contributed by atoms with Gasteiger partial charge in [0.25, 0.3) is 0 Å². The Morgan fingerprint density at radius 2 is 1.67 bits per heavy atom. The van der Waals surface area contributed by atoms with Crippen LogP contribution in [-0.2, 0) is 5.41 Å². The van der Waals surface area contributed by atoms with E-state index >= 15 is 0 Å². The van der Waals surface area contributed by atoms with E-state index in [0.29, 0.717) is 0 Å². The monoisotopic (exact) mass is 305 g/mol. The molecular weight excluding hydrogens is 285 g/mol. The summed E-state index contributed by atoms with van der Waals surface area (Å²) in [5.41, 5.74) is 3.46. The molecule has 0 saturated carbocycles. The maximum atomic E-state index is 13.2. The lowest BCUT2D eigenvalue weighted by Gasteiger charge is -2.21. The molecule has 0 heterocycles. The van der Waals surface area contributed by atoms with E-state index in [1.54, 1.807) is 12.1 Å². The zero-order valence-corrected chi connectivity index (χ0v) is 13.6. The van der Waals surface area contributed by atoms with Crippen molar-refractivity contribution in [1.29, 1.82) is 0 Å². The molecule has 0 radical (unpaired) electrons. The molecule has 0 bridgehead atoms. The van der Waals surface area contributed by atoms with Crippen LogP contribution in [0, 0.1) is 5.82 Å². The lowest BCUT2D eigenvalue weighted by molar-refractivity contribution is 0.589. The third-order valence-corrected chi connectivity index (χ3v) is 3.87. The van der Waals surface area contributed by atoms with Gasteiger partial charge in [-0.15, -0.1) is 0 Å². The van der Waals surface area contributed by atoms with E-state index in [2.05, 4.69) is 57.3 Å². The highest BCUT2D eigenvalue weighted by atomic mass is 35.5. The van der Waals surface area contributed by atoms with Gasteiger partial charge in [0.05, 0.1) is 5.02 Å². The van der Waals surface area contributed by atoms with Gasteiger partial charge in [-0.25, -0.2) is 4.39 Å². The van der Waals surface area contributed by atoms with E-state index in [9.17, 15) is 4.39 Å². The van der Waals surface area contributed by atoms with Crippen LogP contribution in [-0.4, -0.2) is 0 Å². The number of hydrogen-bond acceptors (Lipinski definition) is 1. The van der Waals surface area contributed by atoms with E-state index in [0.717, 1.165) is 5.69 Å². The summed E-state index contributed by atoms with van der Waals surface area (Å²) in [5.74, 6) is -0.399. The van der Waals surface area contributed by atoms with Gasteiger partial charge in [-0.1, -0.05) is 56.6 Å². The SMILES string of the molecule is CC(Nc1ccc(F)c(Cl)c1)c1ccc(C(C)(C)C)cc1. The van der Waals surface area contributed by atoms with Crippen molar-refractivity contribution >= 4 is 17.3 Å². The van der Waals surface area contributed by atoms with Crippen LogP contribution < -0.4 is 5.32 Å². The molecule has 0 aliphatic carbocycles. The van der Waals surface area contributed by atoms with Gasteiger partial charge >= 0.3 is 0 Å². The molecule has 3 heteroatoms. The van der Waals surface area contributed by atoms with Gasteiger partial charge in [-0.3, -0.25) is 0 Å². The fraction of sp³-hybridized carbons (Fsp3) is 0.333. The summed E-state index contributed by atoms with van der Waals surface area (Å²) in [6.07, 6.45) is 0. The Balaban J connectivity index is 2.13. The molecule has 0 aromatic heterocycles. The summed E-state index contributed by atoms with van der Waals surface area (Å²) in [6, 6.07) is 13.4. The van der Waals surface area contributed by atoms with Crippen LogP contribution in [0.15, 0.2) is 42.5 Å². The molecule has 21 heavy (non-hydrogen) atoms. The molecule has 1 atom stereocenters. The molecule has 1 nitrogen and oxygen atoms in total. The fourth-order valence-electron chi connectivity index (χ4n) is 2.19. The molecule has 2 aromatic rings. The molecule has 0 saturated heterocycles. The number of benzene rings is 2. The van der Waals surface area contributed by atoms with E-state index in [4.69, 9.17) is 11.6 Å². The van der Waals surface area contributed by atoms with E-state index < -0.39 is 5.82 Å². The molecule has 2 rings (SSSR count). The van der Waals surface area contributed by atoms with Gasteiger partial charge in [0, 0.05) is 11.7 Å². The average molecular weight is 306 g/mol. The van der Waals surface area contributed by atoms with Crippen molar-refractivity contribution in [2.75, 3.05) is 5.32 Å². The average Bonchev–Trinajstić information content (AvgIpc) is 2.42. The molecule has 0 amide bonds. The van der Waals surface area contributed by atoms with Crippen LogP contribution in [0.25, 0.3) is 0 Å². The number of anilines is 1. The molecule has 0 fully saturated rings. The van der Waals surface area contributed by atoms with Crippen LogP contribution >= 0.6 is 11.6 Å². The number of hydrogen-bond donors (Lipinski definition) is 1. The van der Waals surface area contributed by atoms with Crippen molar-refractivity contribution in [1.82, 2.24) is 0 Å². The number of rotatable bonds is 3. The minimum atomic E-state index is -0.399. The van der Waals surface area contributed by atoms with Crippen molar-refractivity contribution in [3.63, 3.8) is 0 Å². The molecule has 1 unspecified atom stereocenters. The Morgan fingerprint density at radius 3 is 2.19 bits per heavy atom. The predicted molar refractivity (Wildman–Crippen MR) is 88.6 cm³/mol. The normalized spacial score (nSPS) is 13.0. The van der Waals surface area contributed by atoms with Gasteiger partial charge in [-0.2, -0.15) is 0 Å². The Kier molecular flexibility index (Phi) is 4.58. The first-order valence-corrected chi connectivity index (χ1v) is 7.47. The molecule has 112 valence electrons. The van der Waals surface area contributed by atoms with E-state index in [-0.39, 0.29) is 16.5 Å². The lowest BCUT2D eigenvalue weighted by Crippen LogP contribution is -2.12. The van der Waals surface area contributed by atoms with E-state index in [1.807, 2.05) is 0 Å². The Hall–Kier alpha value is -1.54. The predicted octanol–water partition coefficient (Wildman–Crippen LogP) is 5.95. The summed E-state index contributed by atoms with van der Waals surface area (Å²) < 4.78 is 13.2. The molecule has 0 spiro atoms. The van der Waals surface area contributed by atoms with Gasteiger partial charge in [0.2, 0.25) is 0 Å². The third kappa shape index (κ3) is 3.98. The maximum Gasteiger partial charge on any atom is 0.141 e. The van der Waals surface area contributed by atoms with Gasteiger partial charge in [0.1, 0.15) is 5.82 Å². The van der Waals surface area contributed by atoms with Gasteiger partial charge < -0.3 is 5.32 Å². The van der Waals surface area contributed by atoms with Crippen LogP contribution in [0.1, 0.15) is 44.9 Å². The molecule has 2 aromatic carbocycles. The summed E-state index contributed by atoms with van der Waals surface area (Å²) in [5, 5.41) is 3.47. The first-order valence-electron chi connectivity index (χ1n) is 7.09. The van der Waals surface area contributed by atoms with Crippen LogP contribution in [0.4, 0.5) is 10.1 Å². The summed E-state index contributed by atoms with van der Waals surface area (Å²) in [6.45, 7) is 8.67. The van der Waals surface area contributed by atoms with Gasteiger partial charge in [-0.05, 0) is 41.7 Å². The quantitative estimate of drug-likeness (QED) is 0.739. The molecular formula is C18H21ClFN. The van der Waals surface area contributed by atoms with Gasteiger partial charge in [0.15, 0.2) is 0 Å². The zero-order valence-electron chi connectivity index (χ0n) is 12.9. The van der Waals surface area contributed by atoms with Crippen molar-refractivity contribution < 1.29 is 4.39 Å². The largest absolute Gasteiger partial charge is 0.378 e. The van der Waals surface area contributed by atoms with Crippen LogP contribution in [0.3, 0.4) is 0 Å². The van der Waals surface area contributed by atoms with Crippen molar-refractivity contribution in [2.45, 2.75) is 39.2 Å². The lowest BCUT2D eigenvalue weighted by atomic mass is 9.86. The van der Waals surface area contributed by atoms with E-state index in [1.165, 1.54) is 17.2 Å².